The van der Waals surface area contributed by atoms with E-state index in [0.29, 0.717) is 24.0 Å². The Bertz CT molecular complexity index is 702. The summed E-state index contributed by atoms with van der Waals surface area (Å²) in [6.45, 7) is 0. The molecule has 0 atom stereocenters. The Labute approximate surface area is 127 Å². The number of phenols is 3. The van der Waals surface area contributed by atoms with Gasteiger partial charge in [-0.2, -0.15) is 0 Å². The van der Waals surface area contributed by atoms with Crippen molar-refractivity contribution in [1.82, 2.24) is 0 Å². The topological polar surface area (TPSA) is 98.0 Å². The third-order valence-electron chi connectivity index (χ3n) is 3.30. The van der Waals surface area contributed by atoms with Crippen molar-refractivity contribution in [3.05, 3.63) is 59.2 Å². The van der Waals surface area contributed by atoms with Crippen LogP contribution in [0.3, 0.4) is 0 Å². The summed E-state index contributed by atoms with van der Waals surface area (Å²) in [6, 6.07) is 9.55. The predicted molar refractivity (Wildman–Crippen MR) is 82.0 cm³/mol. The molecule has 0 aliphatic heterocycles. The molecule has 0 aliphatic rings. The Morgan fingerprint density at radius 2 is 1.64 bits per heavy atom. The molecule has 2 rings (SSSR count). The van der Waals surface area contributed by atoms with E-state index >= 15 is 0 Å². The van der Waals surface area contributed by atoms with Gasteiger partial charge < -0.3 is 20.4 Å². The van der Waals surface area contributed by atoms with Gasteiger partial charge in [-0.05, 0) is 48.2 Å². The second-order valence-corrected chi connectivity index (χ2v) is 4.84. The summed E-state index contributed by atoms with van der Waals surface area (Å²) in [5.74, 6) is -1.40. The Balaban J connectivity index is 2.26. The normalized spacial score (nSPS) is 10.9. The lowest BCUT2D eigenvalue weighted by atomic mass is 9.98. The van der Waals surface area contributed by atoms with E-state index < -0.39 is 5.97 Å². The Morgan fingerprint density at radius 1 is 0.955 bits per heavy atom. The molecule has 0 amide bonds. The summed E-state index contributed by atoms with van der Waals surface area (Å²) >= 11 is 0. The zero-order chi connectivity index (χ0) is 16.1. The van der Waals surface area contributed by atoms with Gasteiger partial charge in [0.1, 0.15) is 5.75 Å². The van der Waals surface area contributed by atoms with Crippen LogP contribution in [0.5, 0.6) is 17.2 Å². The molecule has 5 heteroatoms. The zero-order valence-corrected chi connectivity index (χ0v) is 11.7. The van der Waals surface area contributed by atoms with Gasteiger partial charge in [0, 0.05) is 11.6 Å². The molecular weight excluding hydrogens is 284 g/mol. The molecule has 0 aromatic heterocycles. The maximum atomic E-state index is 10.6. The fourth-order valence-electron chi connectivity index (χ4n) is 2.15. The quantitative estimate of drug-likeness (QED) is 0.503. The van der Waals surface area contributed by atoms with Gasteiger partial charge >= 0.3 is 5.97 Å². The maximum Gasteiger partial charge on any atom is 0.328 e. The number of hydrogen-bond donors (Lipinski definition) is 4. The highest BCUT2D eigenvalue weighted by Crippen LogP contribution is 2.33. The van der Waals surface area contributed by atoms with Crippen molar-refractivity contribution in [3.63, 3.8) is 0 Å². The summed E-state index contributed by atoms with van der Waals surface area (Å²) in [5.41, 5.74) is 1.97. The molecule has 2 aromatic rings. The molecule has 0 heterocycles. The van der Waals surface area contributed by atoms with Crippen LogP contribution in [0, 0.1) is 0 Å². The lowest BCUT2D eigenvalue weighted by Crippen LogP contribution is -1.96. The molecule has 114 valence electrons. The molecule has 4 N–H and O–H groups in total. The third-order valence-corrected chi connectivity index (χ3v) is 3.30. The smallest absolute Gasteiger partial charge is 0.328 e. The number of carbonyl (C=O) groups is 1. The minimum absolute atomic E-state index is 0.175. The summed E-state index contributed by atoms with van der Waals surface area (Å²) in [6.07, 6.45) is 3.36. The minimum Gasteiger partial charge on any atom is -0.508 e. The monoisotopic (exact) mass is 300 g/mol. The van der Waals surface area contributed by atoms with Crippen molar-refractivity contribution >= 4 is 12.0 Å². The van der Waals surface area contributed by atoms with E-state index in [1.54, 1.807) is 30.3 Å². The summed E-state index contributed by atoms with van der Waals surface area (Å²) < 4.78 is 0. The van der Waals surface area contributed by atoms with Gasteiger partial charge in [-0.15, -0.1) is 0 Å². The van der Waals surface area contributed by atoms with Crippen LogP contribution in [-0.2, 0) is 17.6 Å². The number of benzene rings is 2. The Morgan fingerprint density at radius 3 is 2.27 bits per heavy atom. The molecule has 0 saturated heterocycles. The molecule has 0 aliphatic carbocycles. The molecule has 0 fully saturated rings. The SMILES string of the molecule is O=C(O)/C=C/c1ccc(O)c(O)c1CCc1ccc(O)cc1. The van der Waals surface area contributed by atoms with Crippen LogP contribution in [0.15, 0.2) is 42.5 Å². The average Bonchev–Trinajstić information content (AvgIpc) is 2.49. The average molecular weight is 300 g/mol. The first kappa shape index (κ1) is 15.4. The lowest BCUT2D eigenvalue weighted by molar-refractivity contribution is -0.131. The predicted octanol–water partition coefficient (Wildman–Crippen LogP) is 2.69. The van der Waals surface area contributed by atoms with Gasteiger partial charge in [0.25, 0.3) is 0 Å². The molecule has 2 aromatic carbocycles. The standard InChI is InChI=1S/C17H16O5/c18-13-6-1-11(2-7-13)3-8-14-12(5-10-16(20)21)4-9-15(19)17(14)22/h1-2,4-7,9-10,18-19,22H,3,8H2,(H,20,21)/b10-5+. The van der Waals surface area contributed by atoms with E-state index in [0.717, 1.165) is 11.6 Å². The van der Waals surface area contributed by atoms with Crippen LogP contribution in [0.4, 0.5) is 0 Å². The van der Waals surface area contributed by atoms with Gasteiger partial charge in [0.2, 0.25) is 0 Å². The number of aromatic hydroxyl groups is 3. The van der Waals surface area contributed by atoms with Crippen molar-refractivity contribution in [1.29, 1.82) is 0 Å². The molecule has 0 bridgehead atoms. The number of phenolic OH excluding ortho intramolecular Hbond substituents is 3. The zero-order valence-electron chi connectivity index (χ0n) is 11.7. The first-order valence-electron chi connectivity index (χ1n) is 6.70. The van der Waals surface area contributed by atoms with Crippen LogP contribution in [0.1, 0.15) is 16.7 Å². The summed E-state index contributed by atoms with van der Waals surface area (Å²) in [7, 11) is 0. The molecule has 0 radical (unpaired) electrons. The maximum absolute atomic E-state index is 10.6. The highest BCUT2D eigenvalue weighted by atomic mass is 16.4. The van der Waals surface area contributed by atoms with Gasteiger partial charge in [0.15, 0.2) is 11.5 Å². The van der Waals surface area contributed by atoms with Gasteiger partial charge in [-0.1, -0.05) is 18.2 Å². The van der Waals surface area contributed by atoms with Crippen molar-refractivity contribution in [2.24, 2.45) is 0 Å². The summed E-state index contributed by atoms with van der Waals surface area (Å²) in [5, 5.41) is 37.6. The molecule has 0 saturated carbocycles. The molecule has 0 unspecified atom stereocenters. The van der Waals surface area contributed by atoms with E-state index in [1.807, 2.05) is 0 Å². The Kier molecular flexibility index (Phi) is 4.68. The minimum atomic E-state index is -1.09. The fourth-order valence-corrected chi connectivity index (χ4v) is 2.15. The number of aryl methyl sites for hydroxylation is 1. The molecule has 5 nitrogen and oxygen atoms in total. The van der Waals surface area contributed by atoms with Gasteiger partial charge in [-0.25, -0.2) is 4.79 Å². The van der Waals surface area contributed by atoms with Gasteiger partial charge in [0.05, 0.1) is 0 Å². The van der Waals surface area contributed by atoms with Crippen molar-refractivity contribution in [2.75, 3.05) is 0 Å². The van der Waals surface area contributed by atoms with Gasteiger partial charge in [-0.3, -0.25) is 0 Å². The van der Waals surface area contributed by atoms with E-state index in [4.69, 9.17) is 5.11 Å². The largest absolute Gasteiger partial charge is 0.508 e. The van der Waals surface area contributed by atoms with Crippen molar-refractivity contribution in [2.45, 2.75) is 12.8 Å². The van der Waals surface area contributed by atoms with E-state index in [-0.39, 0.29) is 17.2 Å². The van der Waals surface area contributed by atoms with Crippen LogP contribution in [0.2, 0.25) is 0 Å². The van der Waals surface area contributed by atoms with E-state index in [1.165, 1.54) is 12.1 Å². The number of rotatable bonds is 5. The highest BCUT2D eigenvalue weighted by Gasteiger charge is 2.11. The number of carboxylic acid groups (broad SMARTS) is 1. The van der Waals surface area contributed by atoms with E-state index in [9.17, 15) is 20.1 Å². The first-order valence-corrected chi connectivity index (χ1v) is 6.70. The Hall–Kier alpha value is -2.95. The van der Waals surface area contributed by atoms with Crippen LogP contribution in [-0.4, -0.2) is 26.4 Å². The first-order chi connectivity index (χ1) is 10.5. The number of hydrogen-bond acceptors (Lipinski definition) is 4. The second kappa shape index (κ2) is 6.67. The fraction of sp³-hybridized carbons (Fsp3) is 0.118. The third kappa shape index (κ3) is 3.79. The van der Waals surface area contributed by atoms with Crippen LogP contribution >= 0.6 is 0 Å². The van der Waals surface area contributed by atoms with Crippen LogP contribution in [0.25, 0.3) is 6.08 Å². The summed E-state index contributed by atoms with van der Waals surface area (Å²) in [4.78, 5) is 10.6. The van der Waals surface area contributed by atoms with E-state index in [2.05, 4.69) is 0 Å². The second-order valence-electron chi connectivity index (χ2n) is 4.84. The molecule has 22 heavy (non-hydrogen) atoms. The van der Waals surface area contributed by atoms with Crippen LogP contribution < -0.4 is 0 Å². The molecule has 0 spiro atoms. The highest BCUT2D eigenvalue weighted by molar-refractivity contribution is 5.85. The molecular formula is C17H16O5. The number of carboxylic acids is 1. The number of aliphatic carboxylic acids is 1. The van der Waals surface area contributed by atoms with Crippen molar-refractivity contribution in [3.8, 4) is 17.2 Å². The lowest BCUT2D eigenvalue weighted by Gasteiger charge is -2.10. The van der Waals surface area contributed by atoms with Crippen molar-refractivity contribution < 1.29 is 25.2 Å².